The molecule has 1 N–H and O–H groups in total. The number of amides is 4. The quantitative estimate of drug-likeness (QED) is 0.613. The number of carbonyl (C=O) groups is 4. The molecule has 0 bridgehead atoms. The summed E-state index contributed by atoms with van der Waals surface area (Å²) in [5, 5.41) is 2.36. The maximum atomic E-state index is 13.2. The number of nitrogens with one attached hydrogen (secondary N) is 1. The molecule has 0 radical (unpaired) electrons. The lowest BCUT2D eigenvalue weighted by molar-refractivity contribution is -0.137. The third kappa shape index (κ3) is 4.40. The Balaban J connectivity index is 1.05. The molecule has 4 aliphatic heterocycles. The molecule has 4 aliphatic rings. The van der Waals surface area contributed by atoms with Gasteiger partial charge in [0.2, 0.25) is 11.8 Å². The lowest BCUT2D eigenvalue weighted by atomic mass is 9.71. The number of hydrogen-bond donors (Lipinski definition) is 1. The zero-order valence-electron chi connectivity index (χ0n) is 21.6. The third-order valence-electron chi connectivity index (χ3n) is 8.48. The van der Waals surface area contributed by atoms with Crippen LogP contribution < -0.4 is 15.0 Å². The van der Waals surface area contributed by atoms with Crippen molar-refractivity contribution < 1.29 is 23.9 Å². The first-order chi connectivity index (χ1) is 18.3. The first kappa shape index (κ1) is 24.5. The van der Waals surface area contributed by atoms with Gasteiger partial charge in [-0.05, 0) is 56.0 Å². The minimum Gasteiger partial charge on any atom is -0.484 e. The maximum absolute atomic E-state index is 13.2. The van der Waals surface area contributed by atoms with Crippen molar-refractivity contribution in [2.75, 3.05) is 37.7 Å². The van der Waals surface area contributed by atoms with Crippen LogP contribution in [0.3, 0.4) is 0 Å². The van der Waals surface area contributed by atoms with E-state index >= 15 is 0 Å². The van der Waals surface area contributed by atoms with Crippen LogP contribution in [-0.4, -0.2) is 72.3 Å². The van der Waals surface area contributed by atoms with Crippen molar-refractivity contribution in [1.29, 1.82) is 0 Å². The largest absolute Gasteiger partial charge is 0.484 e. The highest BCUT2D eigenvalue weighted by Gasteiger charge is 2.47. The average molecular weight is 517 g/mol. The van der Waals surface area contributed by atoms with Crippen molar-refractivity contribution in [3.8, 4) is 5.75 Å². The summed E-state index contributed by atoms with van der Waals surface area (Å²) in [6.07, 6.45) is 2.49. The Kier molecular flexibility index (Phi) is 6.08. The van der Waals surface area contributed by atoms with Gasteiger partial charge in [-0.2, -0.15) is 0 Å². The number of hydrogen-bond acceptors (Lipinski definition) is 6. The smallest absolute Gasteiger partial charge is 0.260 e. The van der Waals surface area contributed by atoms with Crippen molar-refractivity contribution in [3.63, 3.8) is 0 Å². The summed E-state index contributed by atoms with van der Waals surface area (Å²) in [5.41, 5.74) is 3.91. The molecule has 0 saturated carbocycles. The zero-order chi connectivity index (χ0) is 26.4. The van der Waals surface area contributed by atoms with E-state index in [1.807, 2.05) is 54.3 Å². The van der Waals surface area contributed by atoms with E-state index < -0.39 is 11.9 Å². The van der Waals surface area contributed by atoms with Gasteiger partial charge in [-0.15, -0.1) is 0 Å². The van der Waals surface area contributed by atoms with E-state index in [9.17, 15) is 19.2 Å². The molecule has 3 fully saturated rings. The highest BCUT2D eigenvalue weighted by molar-refractivity contribution is 6.06. The summed E-state index contributed by atoms with van der Waals surface area (Å²) >= 11 is 0. The van der Waals surface area contributed by atoms with Gasteiger partial charge in [-0.1, -0.05) is 18.2 Å². The number of benzene rings is 2. The molecule has 198 valence electrons. The predicted molar refractivity (Wildman–Crippen MR) is 140 cm³/mol. The van der Waals surface area contributed by atoms with Gasteiger partial charge in [0.15, 0.2) is 6.61 Å². The molecule has 2 aromatic rings. The van der Waals surface area contributed by atoms with Crippen LogP contribution in [0.5, 0.6) is 5.75 Å². The first-order valence-corrected chi connectivity index (χ1v) is 13.3. The fourth-order valence-electron chi connectivity index (χ4n) is 6.29. The fourth-order valence-corrected chi connectivity index (χ4v) is 6.29. The molecule has 0 aromatic heterocycles. The molecular formula is C29H32N4O5. The number of rotatable bonds is 5. The summed E-state index contributed by atoms with van der Waals surface area (Å²) in [4.78, 5) is 55.7. The maximum Gasteiger partial charge on any atom is 0.260 e. The molecule has 3 saturated heterocycles. The lowest BCUT2D eigenvalue weighted by Crippen LogP contribution is -2.61. The van der Waals surface area contributed by atoms with E-state index in [2.05, 4.69) is 10.2 Å². The highest BCUT2D eigenvalue weighted by Crippen LogP contribution is 2.45. The Morgan fingerprint density at radius 3 is 2.58 bits per heavy atom. The summed E-state index contributed by atoms with van der Waals surface area (Å²) < 4.78 is 5.71. The van der Waals surface area contributed by atoms with Crippen LogP contribution in [0.25, 0.3) is 0 Å². The van der Waals surface area contributed by atoms with Crippen molar-refractivity contribution in [2.45, 2.75) is 45.2 Å². The van der Waals surface area contributed by atoms with Gasteiger partial charge in [0.1, 0.15) is 11.8 Å². The highest BCUT2D eigenvalue weighted by atomic mass is 16.5. The number of carbonyl (C=O) groups excluding carboxylic acids is 4. The molecular weight excluding hydrogens is 484 g/mol. The Hall–Kier alpha value is -3.88. The second kappa shape index (κ2) is 9.45. The van der Waals surface area contributed by atoms with Crippen LogP contribution in [0.4, 0.5) is 5.69 Å². The van der Waals surface area contributed by atoms with Crippen LogP contribution >= 0.6 is 0 Å². The van der Waals surface area contributed by atoms with Crippen LogP contribution in [0, 0.1) is 12.3 Å². The monoisotopic (exact) mass is 516 g/mol. The second-order valence-corrected chi connectivity index (χ2v) is 11.0. The molecule has 1 spiro atoms. The van der Waals surface area contributed by atoms with Gasteiger partial charge in [-0.25, -0.2) is 0 Å². The van der Waals surface area contributed by atoms with Gasteiger partial charge in [-0.3, -0.25) is 24.5 Å². The third-order valence-corrected chi connectivity index (χ3v) is 8.48. The van der Waals surface area contributed by atoms with Gasteiger partial charge >= 0.3 is 0 Å². The number of imide groups is 1. The molecule has 4 amide bonds. The predicted octanol–water partition coefficient (Wildman–Crippen LogP) is 2.26. The molecule has 9 heteroatoms. The van der Waals surface area contributed by atoms with E-state index in [1.54, 1.807) is 4.90 Å². The second-order valence-electron chi connectivity index (χ2n) is 11.0. The molecule has 6 rings (SSSR count). The van der Waals surface area contributed by atoms with Crippen LogP contribution in [-0.2, 0) is 20.9 Å². The number of likely N-dealkylation sites (tertiary alicyclic amines) is 1. The van der Waals surface area contributed by atoms with Crippen molar-refractivity contribution in [3.05, 3.63) is 59.2 Å². The Bertz CT molecular complexity index is 1310. The fraction of sp³-hybridized carbons (Fsp3) is 0.448. The minimum absolute atomic E-state index is 0.0190. The number of ether oxygens (including phenoxy) is 1. The molecule has 4 heterocycles. The Morgan fingerprint density at radius 2 is 1.84 bits per heavy atom. The van der Waals surface area contributed by atoms with Crippen molar-refractivity contribution >= 4 is 29.3 Å². The number of fused-ring (bicyclic) bond motifs is 1. The van der Waals surface area contributed by atoms with E-state index in [1.165, 1.54) is 0 Å². The molecule has 1 unspecified atom stereocenters. The Labute approximate surface area is 221 Å². The number of aryl methyl sites for hydroxylation is 1. The number of piperidine rings is 2. The van der Waals surface area contributed by atoms with Crippen LogP contribution in [0.1, 0.15) is 47.2 Å². The molecule has 38 heavy (non-hydrogen) atoms. The van der Waals surface area contributed by atoms with E-state index in [0.29, 0.717) is 24.3 Å². The van der Waals surface area contributed by atoms with Gasteiger partial charge in [0.05, 0.1) is 0 Å². The summed E-state index contributed by atoms with van der Waals surface area (Å²) in [5.74, 6) is -0.0887. The van der Waals surface area contributed by atoms with Crippen LogP contribution in [0.2, 0.25) is 0 Å². The number of nitrogens with zero attached hydrogens (tertiary/aromatic N) is 3. The molecule has 0 aliphatic carbocycles. The summed E-state index contributed by atoms with van der Waals surface area (Å²) in [6.45, 7) is 5.64. The van der Waals surface area contributed by atoms with E-state index in [-0.39, 0.29) is 36.2 Å². The molecule has 1 atom stereocenters. The first-order valence-electron chi connectivity index (χ1n) is 13.3. The van der Waals surface area contributed by atoms with Gasteiger partial charge < -0.3 is 19.4 Å². The average Bonchev–Trinajstić information content (AvgIpc) is 3.22. The lowest BCUT2D eigenvalue weighted by Gasteiger charge is -2.55. The standard InChI is InChI=1S/C29H32N4O5/c1-19-4-2-5-20(14-19)38-16-26(35)31-12-10-29(11-13-31)17-32(18-29)23-7-3-6-21-22(23)15-33(28(21)37)24-8-9-25(34)30-27(24)36/h2-7,14,24H,8-13,15-18H2,1H3,(H,30,34,36). The van der Waals surface area contributed by atoms with Crippen LogP contribution in [0.15, 0.2) is 42.5 Å². The SMILES string of the molecule is Cc1cccc(OCC(=O)N2CCC3(CC2)CN(c2cccc4c2CN(C2CCC(=O)NC2=O)C4=O)C3)c1. The van der Waals surface area contributed by atoms with E-state index in [0.717, 1.165) is 55.8 Å². The van der Waals surface area contributed by atoms with Crippen molar-refractivity contribution in [1.82, 2.24) is 15.1 Å². The Morgan fingerprint density at radius 1 is 1.08 bits per heavy atom. The topological polar surface area (TPSA) is 99.3 Å². The summed E-state index contributed by atoms with van der Waals surface area (Å²) in [6, 6.07) is 12.9. The number of anilines is 1. The van der Waals surface area contributed by atoms with E-state index in [4.69, 9.17) is 4.74 Å². The minimum atomic E-state index is -0.611. The zero-order valence-corrected chi connectivity index (χ0v) is 21.6. The normalized spacial score (nSPS) is 22.3. The van der Waals surface area contributed by atoms with Gasteiger partial charge in [0, 0.05) is 61.4 Å². The van der Waals surface area contributed by atoms with Gasteiger partial charge in [0.25, 0.3) is 11.8 Å². The molecule has 9 nitrogen and oxygen atoms in total. The summed E-state index contributed by atoms with van der Waals surface area (Å²) in [7, 11) is 0. The van der Waals surface area contributed by atoms with Crippen molar-refractivity contribution in [2.24, 2.45) is 5.41 Å². The molecule has 2 aromatic carbocycles.